The van der Waals surface area contributed by atoms with Crippen molar-refractivity contribution in [1.29, 1.82) is 0 Å². The van der Waals surface area contributed by atoms with Crippen molar-refractivity contribution in [3.8, 4) is 0 Å². The van der Waals surface area contributed by atoms with Crippen LogP contribution in [-0.2, 0) is 20.7 Å². The molecule has 0 bridgehead atoms. The number of carbonyl (C=O) groups excluding carboxylic acids is 2. The van der Waals surface area contributed by atoms with Gasteiger partial charge in [-0.1, -0.05) is 6.07 Å². The van der Waals surface area contributed by atoms with E-state index in [1.54, 1.807) is 35.7 Å². The topological polar surface area (TPSA) is 75.6 Å². The van der Waals surface area contributed by atoms with E-state index in [0.717, 1.165) is 30.5 Å². The fourth-order valence-electron chi connectivity index (χ4n) is 3.67. The van der Waals surface area contributed by atoms with Crippen molar-refractivity contribution in [2.45, 2.75) is 44.4 Å². The summed E-state index contributed by atoms with van der Waals surface area (Å²) >= 11 is 1.61. The number of morpholine rings is 1. The molecule has 2 atom stereocenters. The molecule has 1 saturated carbocycles. The van der Waals surface area contributed by atoms with Gasteiger partial charge in [-0.25, -0.2) is 4.98 Å². The number of amides is 2. The van der Waals surface area contributed by atoms with E-state index in [9.17, 15) is 9.59 Å². The van der Waals surface area contributed by atoms with Crippen molar-refractivity contribution in [1.82, 2.24) is 19.8 Å². The van der Waals surface area contributed by atoms with Crippen molar-refractivity contribution < 1.29 is 14.3 Å². The van der Waals surface area contributed by atoms with E-state index in [2.05, 4.69) is 9.97 Å². The molecule has 0 N–H and O–H groups in total. The average molecular weight is 401 g/mol. The van der Waals surface area contributed by atoms with Crippen LogP contribution in [0.25, 0.3) is 0 Å². The largest absolute Gasteiger partial charge is 0.356 e. The van der Waals surface area contributed by atoms with Gasteiger partial charge in [-0.3, -0.25) is 14.6 Å². The molecule has 1 aliphatic heterocycles. The number of ether oxygens (including phenoxy) is 1. The van der Waals surface area contributed by atoms with E-state index in [1.165, 1.54) is 4.88 Å². The molecular formula is C20H24N4O3S. The molecule has 28 heavy (non-hydrogen) atoms. The van der Waals surface area contributed by atoms with E-state index in [0.29, 0.717) is 6.54 Å². The van der Waals surface area contributed by atoms with Crippen LogP contribution in [0.2, 0.25) is 0 Å². The predicted octanol–water partition coefficient (Wildman–Crippen LogP) is 1.98. The zero-order chi connectivity index (χ0) is 19.7. The van der Waals surface area contributed by atoms with E-state index >= 15 is 0 Å². The Morgan fingerprint density at radius 2 is 2.25 bits per heavy atom. The highest BCUT2D eigenvalue weighted by molar-refractivity contribution is 7.09. The van der Waals surface area contributed by atoms with E-state index in [1.807, 2.05) is 29.5 Å². The normalized spacial score (nSPS) is 22.4. The van der Waals surface area contributed by atoms with Gasteiger partial charge in [-0.05, 0) is 31.4 Å². The van der Waals surface area contributed by atoms with E-state index in [-0.39, 0.29) is 24.5 Å². The lowest BCUT2D eigenvalue weighted by Gasteiger charge is -2.41. The third-order valence-electron chi connectivity index (χ3n) is 5.37. The van der Waals surface area contributed by atoms with Gasteiger partial charge in [0.05, 0.1) is 17.2 Å². The molecule has 3 heterocycles. The van der Waals surface area contributed by atoms with Gasteiger partial charge in [0.15, 0.2) is 6.10 Å². The number of carbonyl (C=O) groups is 2. The van der Waals surface area contributed by atoms with Gasteiger partial charge in [0.2, 0.25) is 5.91 Å². The van der Waals surface area contributed by atoms with Crippen molar-refractivity contribution in [2.75, 3.05) is 20.2 Å². The lowest BCUT2D eigenvalue weighted by atomic mass is 9.97. The van der Waals surface area contributed by atoms with Crippen LogP contribution in [0, 0.1) is 6.92 Å². The summed E-state index contributed by atoms with van der Waals surface area (Å²) in [6.07, 6.45) is 5.41. The van der Waals surface area contributed by atoms with Gasteiger partial charge in [0, 0.05) is 43.3 Å². The number of rotatable bonds is 6. The van der Waals surface area contributed by atoms with Gasteiger partial charge in [0.1, 0.15) is 6.61 Å². The van der Waals surface area contributed by atoms with Crippen molar-refractivity contribution in [3.05, 3.63) is 46.2 Å². The minimum absolute atomic E-state index is 0.0501. The van der Waals surface area contributed by atoms with Crippen LogP contribution in [0.3, 0.4) is 0 Å². The van der Waals surface area contributed by atoms with Crippen LogP contribution in [0.1, 0.15) is 35.0 Å². The first-order chi connectivity index (χ1) is 13.6. The number of hydrogen-bond acceptors (Lipinski definition) is 6. The van der Waals surface area contributed by atoms with Gasteiger partial charge in [-0.15, -0.1) is 11.3 Å². The summed E-state index contributed by atoms with van der Waals surface area (Å²) in [4.78, 5) is 39.0. The van der Waals surface area contributed by atoms with Gasteiger partial charge in [0.25, 0.3) is 5.91 Å². The molecule has 2 aromatic rings. The highest BCUT2D eigenvalue weighted by Gasteiger charge is 2.48. The molecule has 8 heteroatoms. The summed E-state index contributed by atoms with van der Waals surface area (Å²) < 4.78 is 5.79. The second kappa shape index (κ2) is 7.97. The number of pyridine rings is 1. The molecule has 2 aliphatic rings. The van der Waals surface area contributed by atoms with Gasteiger partial charge >= 0.3 is 0 Å². The van der Waals surface area contributed by atoms with Gasteiger partial charge < -0.3 is 14.5 Å². The summed E-state index contributed by atoms with van der Waals surface area (Å²) in [5.41, 5.74) is 3.68. The maximum Gasteiger partial charge on any atom is 0.254 e. The number of thiazole rings is 1. The fourth-order valence-corrected chi connectivity index (χ4v) is 4.44. The smallest absolute Gasteiger partial charge is 0.254 e. The minimum atomic E-state index is -0.713. The number of likely N-dealkylation sites (N-methyl/N-ethyl adjacent to an activating group) is 1. The van der Waals surface area contributed by atoms with Crippen LogP contribution in [-0.4, -0.2) is 63.9 Å². The maximum absolute atomic E-state index is 13.3. The Hall–Kier alpha value is -2.32. The SMILES string of the molecule is Cc1ncsc1CCN(C)C(=O)[C@H]1OCC(=O)N(C2CC2)[C@@H]1c1cccnc1. The average Bonchev–Trinajstić information content (AvgIpc) is 3.47. The van der Waals surface area contributed by atoms with Crippen molar-refractivity contribution >= 4 is 23.2 Å². The summed E-state index contributed by atoms with van der Waals surface area (Å²) in [5.74, 6) is -0.155. The van der Waals surface area contributed by atoms with Crippen molar-refractivity contribution in [2.24, 2.45) is 0 Å². The first kappa shape index (κ1) is 19.0. The molecular weight excluding hydrogens is 376 g/mol. The fraction of sp³-hybridized carbons (Fsp3) is 0.500. The Morgan fingerprint density at radius 3 is 2.89 bits per heavy atom. The molecule has 0 radical (unpaired) electrons. The highest BCUT2D eigenvalue weighted by atomic mass is 32.1. The summed E-state index contributed by atoms with van der Waals surface area (Å²) in [7, 11) is 1.79. The highest BCUT2D eigenvalue weighted by Crippen LogP contribution is 2.39. The molecule has 1 saturated heterocycles. The summed E-state index contributed by atoms with van der Waals surface area (Å²) in [6.45, 7) is 2.51. The molecule has 2 fully saturated rings. The Balaban J connectivity index is 1.54. The first-order valence-corrected chi connectivity index (χ1v) is 10.4. The summed E-state index contributed by atoms with van der Waals surface area (Å²) in [6, 6.07) is 3.51. The quantitative estimate of drug-likeness (QED) is 0.741. The maximum atomic E-state index is 13.3. The van der Waals surface area contributed by atoms with Crippen molar-refractivity contribution in [3.63, 3.8) is 0 Å². The lowest BCUT2D eigenvalue weighted by Crippen LogP contribution is -2.55. The molecule has 0 aromatic carbocycles. The molecule has 2 amide bonds. The summed E-state index contributed by atoms with van der Waals surface area (Å²) in [5, 5.41) is 0. The molecule has 0 unspecified atom stereocenters. The molecule has 148 valence electrons. The van der Waals surface area contributed by atoms with Crippen LogP contribution in [0.15, 0.2) is 30.0 Å². The Labute approximate surface area is 168 Å². The molecule has 0 spiro atoms. The Bertz CT molecular complexity index is 852. The Morgan fingerprint density at radius 1 is 1.43 bits per heavy atom. The molecule has 7 nitrogen and oxygen atoms in total. The molecule has 2 aromatic heterocycles. The number of aryl methyl sites for hydroxylation is 1. The zero-order valence-corrected chi connectivity index (χ0v) is 16.9. The number of hydrogen-bond donors (Lipinski definition) is 0. The number of aromatic nitrogens is 2. The third-order valence-corrected chi connectivity index (χ3v) is 6.36. The van der Waals surface area contributed by atoms with Gasteiger partial charge in [-0.2, -0.15) is 0 Å². The first-order valence-electron chi connectivity index (χ1n) is 9.53. The third kappa shape index (κ3) is 3.79. The zero-order valence-electron chi connectivity index (χ0n) is 16.1. The number of nitrogens with zero attached hydrogens (tertiary/aromatic N) is 4. The minimum Gasteiger partial charge on any atom is -0.356 e. The molecule has 1 aliphatic carbocycles. The monoisotopic (exact) mass is 400 g/mol. The second-order valence-electron chi connectivity index (χ2n) is 7.37. The molecule has 4 rings (SSSR count). The lowest BCUT2D eigenvalue weighted by molar-refractivity contribution is -0.169. The Kier molecular flexibility index (Phi) is 5.41. The van der Waals surface area contributed by atoms with Crippen LogP contribution < -0.4 is 0 Å². The standard InChI is InChI=1S/C20H24N4O3S/c1-13-16(28-12-22-13)7-9-23(2)20(26)19-18(14-4-3-8-21-10-14)24(15-5-6-15)17(25)11-27-19/h3-4,8,10,12,15,18-19H,5-7,9,11H2,1-2H3/t18-,19+/m1/s1. The van der Waals surface area contributed by atoms with Crippen LogP contribution in [0.5, 0.6) is 0 Å². The van der Waals surface area contributed by atoms with Crippen LogP contribution >= 0.6 is 11.3 Å². The second-order valence-corrected chi connectivity index (χ2v) is 8.31. The predicted molar refractivity (Wildman–Crippen MR) is 105 cm³/mol. The van der Waals surface area contributed by atoms with Crippen LogP contribution in [0.4, 0.5) is 0 Å². The van der Waals surface area contributed by atoms with E-state index < -0.39 is 12.1 Å². The van der Waals surface area contributed by atoms with E-state index in [4.69, 9.17) is 4.74 Å².